The molecule has 2 spiro atoms. The molecule has 334 valence electrons. The summed E-state index contributed by atoms with van der Waals surface area (Å²) in [5, 5.41) is 4.69. The van der Waals surface area contributed by atoms with Gasteiger partial charge in [-0.3, -0.25) is 0 Å². The van der Waals surface area contributed by atoms with Gasteiger partial charge in [-0.1, -0.05) is 170 Å². The van der Waals surface area contributed by atoms with Crippen molar-refractivity contribution >= 4 is 70.5 Å². The van der Waals surface area contributed by atoms with Gasteiger partial charge in [0.05, 0.1) is 22.2 Å². The monoisotopic (exact) mass is 933 g/mol. The molecule has 0 unspecified atom stereocenters. The Morgan fingerprint density at radius 3 is 1.57 bits per heavy atom. The van der Waals surface area contributed by atoms with Crippen LogP contribution in [0.25, 0.3) is 75.5 Å². The topological polar surface area (TPSA) is 25.6 Å². The van der Waals surface area contributed by atoms with Crippen molar-refractivity contribution in [1.82, 2.24) is 0 Å². The SMILES string of the molecule is c1ccc2c(c1)Oc1ccccc1C21c2ccccc2-c2cc3c(cc21)sc1cccc(N(c2ccc4c(c2)oc2ccccc24)c2cccc4c2-c2ccccc2C42c4ccccc4-c4ccccc42)c13. The number of anilines is 3. The van der Waals surface area contributed by atoms with Gasteiger partial charge in [-0.15, -0.1) is 11.3 Å². The van der Waals surface area contributed by atoms with Crippen molar-refractivity contribution in [3.63, 3.8) is 0 Å². The van der Waals surface area contributed by atoms with E-state index < -0.39 is 10.8 Å². The second-order valence-corrected chi connectivity index (χ2v) is 20.8. The molecule has 2 aromatic heterocycles. The highest BCUT2D eigenvalue weighted by Gasteiger charge is 2.53. The van der Waals surface area contributed by atoms with E-state index in [4.69, 9.17) is 9.15 Å². The number of ether oxygens (including phenoxy) is 1. The highest BCUT2D eigenvalue weighted by Crippen LogP contribution is 2.66. The van der Waals surface area contributed by atoms with Crippen molar-refractivity contribution in [2.24, 2.45) is 0 Å². The van der Waals surface area contributed by atoms with Crippen molar-refractivity contribution in [2.45, 2.75) is 10.8 Å². The van der Waals surface area contributed by atoms with E-state index in [2.05, 4.69) is 241 Å². The largest absolute Gasteiger partial charge is 0.457 e. The summed E-state index contributed by atoms with van der Waals surface area (Å²) in [6.45, 7) is 0. The zero-order valence-electron chi connectivity index (χ0n) is 38.7. The van der Waals surface area contributed by atoms with Crippen LogP contribution in [0.2, 0.25) is 0 Å². The Labute approximate surface area is 419 Å². The van der Waals surface area contributed by atoms with E-state index in [1.165, 1.54) is 98.1 Å². The van der Waals surface area contributed by atoms with Crippen LogP contribution >= 0.6 is 11.3 Å². The average molecular weight is 934 g/mol. The molecule has 0 saturated heterocycles. The Kier molecular flexibility index (Phi) is 7.49. The third-order valence-electron chi connectivity index (χ3n) is 16.5. The molecule has 3 heterocycles. The first-order valence-electron chi connectivity index (χ1n) is 24.8. The first kappa shape index (κ1) is 38.8. The second-order valence-electron chi connectivity index (χ2n) is 19.7. The average Bonchev–Trinajstić information content (AvgIpc) is 4.22. The Hall–Kier alpha value is -8.96. The van der Waals surface area contributed by atoms with Gasteiger partial charge >= 0.3 is 0 Å². The van der Waals surface area contributed by atoms with Crippen LogP contribution in [0.1, 0.15) is 44.5 Å². The molecular weight excluding hydrogens is 895 g/mol. The Morgan fingerprint density at radius 1 is 0.333 bits per heavy atom. The van der Waals surface area contributed by atoms with E-state index in [9.17, 15) is 0 Å². The van der Waals surface area contributed by atoms with Gasteiger partial charge in [0.1, 0.15) is 22.7 Å². The third-order valence-corrected chi connectivity index (χ3v) is 17.7. The molecular formula is C68H39NO2S. The molecule has 17 rings (SSSR count). The zero-order chi connectivity index (χ0) is 46.9. The lowest BCUT2D eigenvalue weighted by Crippen LogP contribution is -2.32. The van der Waals surface area contributed by atoms with Crippen LogP contribution in [0.3, 0.4) is 0 Å². The van der Waals surface area contributed by atoms with Gasteiger partial charge in [0.2, 0.25) is 0 Å². The van der Waals surface area contributed by atoms with E-state index >= 15 is 0 Å². The maximum absolute atomic E-state index is 6.72. The quantitative estimate of drug-likeness (QED) is 0.177. The lowest BCUT2D eigenvalue weighted by atomic mass is 9.66. The molecule has 0 atom stereocenters. The molecule has 3 nitrogen and oxygen atoms in total. The maximum atomic E-state index is 6.72. The fourth-order valence-corrected chi connectivity index (χ4v) is 15.1. The minimum atomic E-state index is -0.552. The number of hydrogen-bond acceptors (Lipinski definition) is 4. The number of rotatable bonds is 3. The predicted molar refractivity (Wildman–Crippen MR) is 295 cm³/mol. The van der Waals surface area contributed by atoms with E-state index in [0.717, 1.165) is 50.5 Å². The summed E-state index contributed by atoms with van der Waals surface area (Å²) in [4.78, 5) is 2.54. The molecule has 4 aliphatic rings. The minimum absolute atomic E-state index is 0.490. The number of benzene rings is 11. The third kappa shape index (κ3) is 4.67. The predicted octanol–water partition coefficient (Wildman–Crippen LogP) is 18.2. The van der Waals surface area contributed by atoms with Gasteiger partial charge in [0.15, 0.2) is 0 Å². The van der Waals surface area contributed by atoms with Gasteiger partial charge < -0.3 is 14.1 Å². The Morgan fingerprint density at radius 2 is 0.861 bits per heavy atom. The van der Waals surface area contributed by atoms with Crippen LogP contribution in [0.4, 0.5) is 17.1 Å². The van der Waals surface area contributed by atoms with E-state index in [1.807, 2.05) is 11.3 Å². The minimum Gasteiger partial charge on any atom is -0.457 e. The molecule has 13 aromatic rings. The van der Waals surface area contributed by atoms with Gasteiger partial charge in [0.25, 0.3) is 0 Å². The number of para-hydroxylation sites is 3. The summed E-state index contributed by atoms with van der Waals surface area (Å²) in [5.41, 5.74) is 21.8. The van der Waals surface area contributed by atoms with Crippen LogP contribution in [-0.4, -0.2) is 0 Å². The van der Waals surface area contributed by atoms with Crippen LogP contribution in [0.5, 0.6) is 11.5 Å². The fourth-order valence-electron chi connectivity index (χ4n) is 13.9. The van der Waals surface area contributed by atoms with Gasteiger partial charge in [-0.25, -0.2) is 0 Å². The van der Waals surface area contributed by atoms with Gasteiger partial charge in [0, 0.05) is 59.4 Å². The molecule has 3 aliphatic carbocycles. The molecule has 72 heavy (non-hydrogen) atoms. The summed E-state index contributed by atoms with van der Waals surface area (Å²) in [6.07, 6.45) is 0. The molecule has 0 radical (unpaired) electrons. The number of fused-ring (bicyclic) bond motifs is 25. The van der Waals surface area contributed by atoms with Crippen molar-refractivity contribution in [3.05, 3.63) is 281 Å². The van der Waals surface area contributed by atoms with Crippen LogP contribution in [0.15, 0.2) is 241 Å². The fraction of sp³-hybridized carbons (Fsp3) is 0.0294. The van der Waals surface area contributed by atoms with Crippen molar-refractivity contribution in [3.8, 4) is 44.9 Å². The summed E-state index contributed by atoms with van der Waals surface area (Å²) in [7, 11) is 0. The molecule has 0 N–H and O–H groups in total. The number of thiophene rings is 1. The summed E-state index contributed by atoms with van der Waals surface area (Å²) < 4.78 is 15.9. The molecule has 0 amide bonds. The molecule has 11 aromatic carbocycles. The van der Waals surface area contributed by atoms with Crippen LogP contribution in [0, 0.1) is 0 Å². The van der Waals surface area contributed by atoms with Crippen molar-refractivity contribution < 1.29 is 9.15 Å². The van der Waals surface area contributed by atoms with E-state index in [0.29, 0.717) is 0 Å². The number of furan rings is 1. The van der Waals surface area contributed by atoms with Crippen molar-refractivity contribution in [1.29, 1.82) is 0 Å². The van der Waals surface area contributed by atoms with Gasteiger partial charge in [-0.2, -0.15) is 0 Å². The van der Waals surface area contributed by atoms with Crippen molar-refractivity contribution in [2.75, 3.05) is 4.90 Å². The van der Waals surface area contributed by atoms with Gasteiger partial charge in [-0.05, 0) is 122 Å². The molecule has 0 fully saturated rings. The summed E-state index contributed by atoms with van der Waals surface area (Å²) in [5.74, 6) is 1.80. The smallest absolute Gasteiger partial charge is 0.137 e. The lowest BCUT2D eigenvalue weighted by Gasteiger charge is -2.39. The second kappa shape index (κ2) is 13.9. The van der Waals surface area contributed by atoms with Crippen LogP contribution in [-0.2, 0) is 10.8 Å². The summed E-state index contributed by atoms with van der Waals surface area (Å²) >= 11 is 1.88. The molecule has 0 bridgehead atoms. The first-order valence-corrected chi connectivity index (χ1v) is 25.6. The lowest BCUT2D eigenvalue weighted by molar-refractivity contribution is 0.436. The summed E-state index contributed by atoms with van der Waals surface area (Å²) in [6, 6.07) is 87.7. The molecule has 4 heteroatoms. The van der Waals surface area contributed by atoms with Crippen LogP contribution < -0.4 is 9.64 Å². The first-order chi connectivity index (χ1) is 35.7. The highest BCUT2D eigenvalue weighted by atomic mass is 32.1. The normalized spacial score (nSPS) is 14.4. The number of nitrogens with zero attached hydrogens (tertiary/aromatic N) is 1. The molecule has 0 saturated carbocycles. The zero-order valence-corrected chi connectivity index (χ0v) is 39.5. The Bertz CT molecular complexity index is 4440. The molecule has 1 aliphatic heterocycles. The standard InChI is InChI=1S/C68H39NO2S/c1-6-22-49-41(17-1)42-18-2-7-23-50(42)67(49)52-25-9-4-21-46(52)65-55(67)28-15-29-57(65)69(40-35-36-45-44-20-5-12-31-59(44)70-62(45)37-40)58-30-16-34-63-66(58)48-38-47-43-19-3-8-24-51(43)68(56(47)39-64(48)72-63)53-26-10-13-32-60(53)71-61-33-14-11-27-54(61)68/h1-39H. The highest BCUT2D eigenvalue weighted by molar-refractivity contribution is 7.26. The Balaban J connectivity index is 0.969. The number of hydrogen-bond donors (Lipinski definition) is 0. The van der Waals surface area contributed by atoms with E-state index in [1.54, 1.807) is 0 Å². The maximum Gasteiger partial charge on any atom is 0.137 e. The van der Waals surface area contributed by atoms with E-state index in [-0.39, 0.29) is 0 Å².